The van der Waals surface area contributed by atoms with Crippen LogP contribution in [0, 0.1) is 12.8 Å². The van der Waals surface area contributed by atoms with Crippen LogP contribution in [0.25, 0.3) is 0 Å². The molecular weight excluding hydrogens is 350 g/mol. The summed E-state index contributed by atoms with van der Waals surface area (Å²) >= 11 is 0. The van der Waals surface area contributed by atoms with Crippen molar-refractivity contribution in [1.82, 2.24) is 9.80 Å². The zero-order valence-corrected chi connectivity index (χ0v) is 16.9. The van der Waals surface area contributed by atoms with Gasteiger partial charge in [0.25, 0.3) is 0 Å². The quantitative estimate of drug-likeness (QED) is 0.865. The fourth-order valence-corrected chi connectivity index (χ4v) is 3.78. The Morgan fingerprint density at radius 2 is 1.61 bits per heavy atom. The van der Waals surface area contributed by atoms with Gasteiger partial charge in [-0.3, -0.25) is 14.5 Å². The van der Waals surface area contributed by atoms with E-state index < -0.39 is 0 Å². The zero-order chi connectivity index (χ0) is 20.1. The minimum absolute atomic E-state index is 0.0348. The normalized spacial score (nSPS) is 16.4. The maximum Gasteiger partial charge on any atom is 0.246 e. The summed E-state index contributed by atoms with van der Waals surface area (Å²) in [5, 5.41) is 3.06. The van der Waals surface area contributed by atoms with E-state index in [4.69, 9.17) is 0 Å². The van der Waals surface area contributed by atoms with Crippen LogP contribution in [0.5, 0.6) is 0 Å². The van der Waals surface area contributed by atoms with Crippen LogP contribution in [0.3, 0.4) is 0 Å². The topological polar surface area (TPSA) is 52.7 Å². The Kier molecular flexibility index (Phi) is 6.47. The molecule has 0 radical (unpaired) electrons. The van der Waals surface area contributed by atoms with Crippen molar-refractivity contribution in [2.45, 2.75) is 25.8 Å². The zero-order valence-electron chi connectivity index (χ0n) is 16.9. The molecule has 28 heavy (non-hydrogen) atoms. The Bertz CT molecular complexity index is 794. The minimum Gasteiger partial charge on any atom is -0.349 e. The lowest BCUT2D eigenvalue weighted by molar-refractivity contribution is -0.135. The van der Waals surface area contributed by atoms with Crippen molar-refractivity contribution in [3.05, 3.63) is 65.7 Å². The Hall–Kier alpha value is -2.66. The molecule has 148 valence electrons. The van der Waals surface area contributed by atoms with Crippen LogP contribution in [0.1, 0.15) is 30.0 Å². The second-order valence-corrected chi connectivity index (χ2v) is 7.71. The van der Waals surface area contributed by atoms with Crippen molar-refractivity contribution < 1.29 is 9.59 Å². The number of hydrogen-bond acceptors (Lipinski definition) is 3. The van der Waals surface area contributed by atoms with Crippen LogP contribution in [0.2, 0.25) is 0 Å². The minimum atomic E-state index is -0.363. The van der Waals surface area contributed by atoms with Crippen molar-refractivity contribution in [2.75, 3.05) is 32.5 Å². The first kappa shape index (κ1) is 20.1. The summed E-state index contributed by atoms with van der Waals surface area (Å²) in [5.74, 6) is 0.190. The number of aryl methyl sites for hydroxylation is 1. The molecule has 1 fully saturated rings. The summed E-state index contributed by atoms with van der Waals surface area (Å²) in [6.07, 6.45) is 1.55. The van der Waals surface area contributed by atoms with Gasteiger partial charge in [-0.05, 0) is 50.6 Å². The molecule has 5 heteroatoms. The average Bonchev–Trinajstić information content (AvgIpc) is 2.70. The van der Waals surface area contributed by atoms with Gasteiger partial charge in [-0.1, -0.05) is 48.0 Å². The number of carbonyl (C=O) groups excluding carboxylic acids is 2. The monoisotopic (exact) mass is 379 g/mol. The molecule has 1 atom stereocenters. The molecule has 1 unspecified atom stereocenters. The Balaban J connectivity index is 1.76. The van der Waals surface area contributed by atoms with Gasteiger partial charge in [0.1, 0.15) is 6.04 Å². The summed E-state index contributed by atoms with van der Waals surface area (Å²) < 4.78 is 0. The number of hydrogen-bond donors (Lipinski definition) is 1. The summed E-state index contributed by atoms with van der Waals surface area (Å²) in [6.45, 7) is 3.48. The molecule has 0 spiro atoms. The van der Waals surface area contributed by atoms with Gasteiger partial charge in [-0.25, -0.2) is 0 Å². The van der Waals surface area contributed by atoms with E-state index in [-0.39, 0.29) is 23.8 Å². The van der Waals surface area contributed by atoms with Crippen molar-refractivity contribution >= 4 is 17.5 Å². The smallest absolute Gasteiger partial charge is 0.246 e. The Morgan fingerprint density at radius 3 is 2.18 bits per heavy atom. The van der Waals surface area contributed by atoms with E-state index in [1.54, 1.807) is 19.0 Å². The molecule has 5 nitrogen and oxygen atoms in total. The SMILES string of the molecule is Cc1ccc(NC(=O)C(c2ccccc2)N2CCC(C(=O)N(C)C)CC2)cc1. The summed E-state index contributed by atoms with van der Waals surface area (Å²) in [5.41, 5.74) is 2.93. The molecular formula is C23H29N3O2. The predicted molar refractivity (Wildman–Crippen MR) is 112 cm³/mol. The molecule has 2 aromatic carbocycles. The molecule has 0 aliphatic carbocycles. The predicted octanol–water partition coefficient (Wildman–Crippen LogP) is 3.48. The van der Waals surface area contributed by atoms with E-state index in [0.717, 1.165) is 42.7 Å². The largest absolute Gasteiger partial charge is 0.349 e. The maximum absolute atomic E-state index is 13.2. The summed E-state index contributed by atoms with van der Waals surface area (Å²) in [6, 6.07) is 17.4. The number of nitrogens with one attached hydrogen (secondary N) is 1. The lowest BCUT2D eigenvalue weighted by atomic mass is 9.93. The highest BCUT2D eigenvalue weighted by Gasteiger charge is 2.33. The maximum atomic E-state index is 13.2. The van der Waals surface area contributed by atoms with Crippen LogP contribution < -0.4 is 5.32 Å². The summed E-state index contributed by atoms with van der Waals surface area (Å²) in [7, 11) is 3.60. The van der Waals surface area contributed by atoms with Crippen molar-refractivity contribution in [3.8, 4) is 0 Å². The number of anilines is 1. The highest BCUT2D eigenvalue weighted by Crippen LogP contribution is 2.29. The first-order valence-corrected chi connectivity index (χ1v) is 9.83. The third-order valence-electron chi connectivity index (χ3n) is 5.37. The second-order valence-electron chi connectivity index (χ2n) is 7.71. The number of carbonyl (C=O) groups is 2. The molecule has 0 aromatic heterocycles. The van der Waals surface area contributed by atoms with Crippen molar-refractivity contribution in [2.24, 2.45) is 5.92 Å². The number of likely N-dealkylation sites (tertiary alicyclic amines) is 1. The van der Waals surface area contributed by atoms with E-state index in [2.05, 4.69) is 10.2 Å². The highest BCUT2D eigenvalue weighted by atomic mass is 16.2. The molecule has 1 N–H and O–H groups in total. The van der Waals surface area contributed by atoms with Crippen molar-refractivity contribution in [3.63, 3.8) is 0 Å². The molecule has 2 aromatic rings. The Labute approximate surface area is 167 Å². The van der Waals surface area contributed by atoms with Crippen molar-refractivity contribution in [1.29, 1.82) is 0 Å². The van der Waals surface area contributed by atoms with Gasteiger partial charge in [0.15, 0.2) is 0 Å². The molecule has 1 saturated heterocycles. The lowest BCUT2D eigenvalue weighted by Gasteiger charge is -2.37. The molecule has 3 rings (SSSR count). The first-order valence-electron chi connectivity index (χ1n) is 9.83. The van der Waals surface area contributed by atoms with E-state index >= 15 is 0 Å². The molecule has 1 aliphatic heterocycles. The van der Waals surface area contributed by atoms with Gasteiger partial charge in [0.2, 0.25) is 11.8 Å². The van der Waals surface area contributed by atoms with Gasteiger partial charge in [-0.15, -0.1) is 0 Å². The average molecular weight is 380 g/mol. The second kappa shape index (κ2) is 9.02. The number of amides is 2. The van der Waals surface area contributed by atoms with Crippen LogP contribution >= 0.6 is 0 Å². The van der Waals surface area contributed by atoms with E-state index in [1.807, 2.05) is 61.5 Å². The van der Waals surface area contributed by atoms with E-state index in [9.17, 15) is 9.59 Å². The molecule has 1 heterocycles. The number of rotatable bonds is 5. The van der Waals surface area contributed by atoms with Gasteiger partial charge in [0.05, 0.1) is 0 Å². The third-order valence-corrected chi connectivity index (χ3v) is 5.37. The number of benzene rings is 2. The van der Waals surface area contributed by atoms with Gasteiger partial charge in [-0.2, -0.15) is 0 Å². The molecule has 1 aliphatic rings. The highest BCUT2D eigenvalue weighted by molar-refractivity contribution is 5.95. The van der Waals surface area contributed by atoms with Gasteiger partial charge in [0, 0.05) is 25.7 Å². The third kappa shape index (κ3) is 4.78. The fourth-order valence-electron chi connectivity index (χ4n) is 3.78. The Morgan fingerprint density at radius 1 is 1.00 bits per heavy atom. The molecule has 0 bridgehead atoms. The van der Waals surface area contributed by atoms with Crippen LogP contribution in [0.15, 0.2) is 54.6 Å². The number of piperidine rings is 1. The fraction of sp³-hybridized carbons (Fsp3) is 0.391. The van der Waals surface area contributed by atoms with Crippen LogP contribution in [0.4, 0.5) is 5.69 Å². The van der Waals surface area contributed by atoms with E-state index in [1.165, 1.54) is 0 Å². The first-order chi connectivity index (χ1) is 13.5. The molecule has 0 saturated carbocycles. The van der Waals surface area contributed by atoms with Gasteiger partial charge >= 0.3 is 0 Å². The van der Waals surface area contributed by atoms with Crippen LogP contribution in [-0.4, -0.2) is 48.8 Å². The lowest BCUT2D eigenvalue weighted by Crippen LogP contribution is -2.44. The van der Waals surface area contributed by atoms with E-state index in [0.29, 0.717) is 0 Å². The standard InChI is InChI=1S/C23H29N3O2/c1-17-9-11-20(12-10-17)24-22(27)21(18-7-5-4-6-8-18)26-15-13-19(14-16-26)23(28)25(2)3/h4-12,19,21H,13-16H2,1-3H3,(H,24,27). The number of nitrogens with zero attached hydrogens (tertiary/aromatic N) is 2. The molecule has 2 amide bonds. The summed E-state index contributed by atoms with van der Waals surface area (Å²) in [4.78, 5) is 29.3. The van der Waals surface area contributed by atoms with Gasteiger partial charge < -0.3 is 10.2 Å². The van der Waals surface area contributed by atoms with Crippen LogP contribution in [-0.2, 0) is 9.59 Å².